The maximum absolute atomic E-state index is 14.3. The van der Waals surface area contributed by atoms with E-state index >= 15 is 0 Å². The van der Waals surface area contributed by atoms with Crippen LogP contribution in [0.2, 0.25) is 0 Å². The second-order valence-electron chi connectivity index (χ2n) is 22.2. The van der Waals surface area contributed by atoms with E-state index in [4.69, 9.17) is 5.73 Å². The summed E-state index contributed by atoms with van der Waals surface area (Å²) in [7, 11) is 0. The van der Waals surface area contributed by atoms with Gasteiger partial charge in [-0.3, -0.25) is 47.9 Å². The summed E-state index contributed by atoms with van der Waals surface area (Å²) in [6.45, 7) is 21.6. The Bertz CT molecular complexity index is 2040. The van der Waals surface area contributed by atoms with E-state index < -0.39 is 137 Å². The lowest BCUT2D eigenvalue weighted by Crippen LogP contribution is -2.61. The molecule has 432 valence electrons. The zero-order chi connectivity index (χ0) is 57.9. The molecular weight excluding hydrogens is 1020 g/mol. The first-order valence-corrected chi connectivity index (χ1v) is 27.9. The van der Waals surface area contributed by atoms with Crippen LogP contribution < -0.4 is 48.3 Å². The summed E-state index contributed by atoms with van der Waals surface area (Å²) < 4.78 is 0. The highest BCUT2D eigenvalue weighted by Gasteiger charge is 2.42. The Labute approximate surface area is 459 Å². The number of nitrogens with two attached hydrogens (primary N) is 1. The molecule has 10 amide bonds. The van der Waals surface area contributed by atoms with Gasteiger partial charge in [0, 0.05) is 24.6 Å². The molecule has 2 aliphatic heterocycles. The van der Waals surface area contributed by atoms with Crippen molar-refractivity contribution >= 4 is 90.3 Å². The quantitative estimate of drug-likeness (QED) is 0.0422. The van der Waals surface area contributed by atoms with Gasteiger partial charge in [-0.1, -0.05) is 69.2 Å². The number of thiol groups is 2. The Kier molecular flexibility index (Phi) is 28.1. The van der Waals surface area contributed by atoms with Crippen LogP contribution in [0.3, 0.4) is 0 Å². The van der Waals surface area contributed by atoms with Gasteiger partial charge in [0.1, 0.15) is 60.4 Å². The summed E-state index contributed by atoms with van der Waals surface area (Å²) in [6.07, 6.45) is 2.31. The average molecular weight is 1110 g/mol. The minimum atomic E-state index is -1.28. The largest absolute Gasteiger partial charge is 0.480 e. The van der Waals surface area contributed by atoms with E-state index in [1.165, 1.54) is 23.6 Å². The summed E-state index contributed by atoms with van der Waals surface area (Å²) in [5.41, 5.74) is 5.87. The number of amides is 10. The van der Waals surface area contributed by atoms with Gasteiger partial charge >= 0.3 is 5.97 Å². The van der Waals surface area contributed by atoms with E-state index in [0.717, 1.165) is 0 Å². The normalized spacial score (nSPS) is 19.2. The van der Waals surface area contributed by atoms with Crippen LogP contribution in [0.25, 0.3) is 0 Å². The van der Waals surface area contributed by atoms with Crippen LogP contribution in [0.15, 0.2) is 0 Å². The minimum Gasteiger partial charge on any atom is -0.480 e. The first-order valence-electron chi connectivity index (χ1n) is 26.7. The monoisotopic (exact) mass is 1110 g/mol. The third-order valence-corrected chi connectivity index (χ3v) is 13.8. The predicted molar refractivity (Wildman–Crippen MR) is 292 cm³/mol. The van der Waals surface area contributed by atoms with Crippen molar-refractivity contribution in [3.05, 3.63) is 0 Å². The summed E-state index contributed by atoms with van der Waals surface area (Å²) in [6, 6.07) is -12.0. The van der Waals surface area contributed by atoms with Gasteiger partial charge in [-0.2, -0.15) is 25.3 Å². The van der Waals surface area contributed by atoms with E-state index in [1.807, 2.05) is 55.4 Å². The van der Waals surface area contributed by atoms with Gasteiger partial charge in [0.05, 0.1) is 6.04 Å². The maximum atomic E-state index is 14.3. The molecule has 11 atom stereocenters. The number of hydrogen-bond acceptors (Lipinski definition) is 14. The topological polar surface area (TPSA) is 337 Å². The molecule has 2 aliphatic rings. The molecule has 11 N–H and O–H groups in total. The van der Waals surface area contributed by atoms with Crippen LogP contribution in [-0.4, -0.2) is 171 Å². The average Bonchev–Trinajstić information content (AvgIpc) is 4.03. The van der Waals surface area contributed by atoms with Crippen molar-refractivity contribution < 1.29 is 57.8 Å². The van der Waals surface area contributed by atoms with Gasteiger partial charge in [-0.15, -0.1) is 0 Å². The van der Waals surface area contributed by atoms with Crippen LogP contribution in [0.4, 0.5) is 0 Å². The smallest absolute Gasteiger partial charge is 0.327 e. The van der Waals surface area contributed by atoms with Gasteiger partial charge in [0.2, 0.25) is 59.1 Å². The lowest BCUT2D eigenvalue weighted by atomic mass is 9.98. The van der Waals surface area contributed by atoms with E-state index in [1.54, 1.807) is 13.8 Å². The maximum Gasteiger partial charge on any atom is 0.327 e. The van der Waals surface area contributed by atoms with E-state index in [0.29, 0.717) is 12.8 Å². The third-order valence-electron chi connectivity index (χ3n) is 13.1. The zero-order valence-corrected chi connectivity index (χ0v) is 48.3. The Morgan fingerprint density at radius 1 is 0.461 bits per heavy atom. The molecule has 2 saturated heterocycles. The molecule has 76 heavy (non-hydrogen) atoms. The van der Waals surface area contributed by atoms with Crippen molar-refractivity contribution in [2.45, 2.75) is 201 Å². The molecule has 23 nitrogen and oxygen atoms in total. The molecular formula is C51H89N11O12S2. The van der Waals surface area contributed by atoms with E-state index in [-0.39, 0.29) is 86.8 Å². The number of carbonyl (C=O) groups is 11. The molecule has 0 aromatic rings. The summed E-state index contributed by atoms with van der Waals surface area (Å²) >= 11 is 8.06. The molecule has 2 rings (SSSR count). The number of carboxylic acids is 1. The summed E-state index contributed by atoms with van der Waals surface area (Å²) in [5, 5.41) is 30.8. The molecule has 0 aromatic carbocycles. The van der Waals surface area contributed by atoms with Gasteiger partial charge in [-0.25, -0.2) is 4.79 Å². The first-order chi connectivity index (χ1) is 35.4. The summed E-state index contributed by atoms with van der Waals surface area (Å²) in [5.74, 6) is -8.43. The molecule has 0 unspecified atom stereocenters. The van der Waals surface area contributed by atoms with Crippen LogP contribution in [-0.2, 0) is 52.7 Å². The molecule has 2 fully saturated rings. The van der Waals surface area contributed by atoms with Crippen molar-refractivity contribution in [3.8, 4) is 0 Å². The Balaban J connectivity index is 2.22. The number of nitrogens with zero attached hydrogens (tertiary/aromatic N) is 2. The van der Waals surface area contributed by atoms with Crippen LogP contribution >= 0.6 is 25.3 Å². The van der Waals surface area contributed by atoms with Gasteiger partial charge < -0.3 is 63.2 Å². The number of likely N-dealkylation sites (tertiary alicyclic amines) is 2. The number of hydrogen-bond donors (Lipinski definition) is 12. The van der Waals surface area contributed by atoms with Crippen LogP contribution in [0, 0.1) is 29.6 Å². The molecule has 0 radical (unpaired) electrons. The van der Waals surface area contributed by atoms with Crippen molar-refractivity contribution in [2.24, 2.45) is 35.3 Å². The Hall–Kier alpha value is -5.17. The first kappa shape index (κ1) is 66.9. The SMILES string of the molecule is CC(C)C[C@H](NC(=O)[C@H](CC(C)C)NC(=O)[C@@H](NC(=O)[C@@H]1CCCN1C(=O)[C@H](CC(C)C)NC(=O)[C@H](CC(C)C)NC(=O)[C@@H](N)CS)C(C)C)C(=O)N[C@@H](C)C(=O)N[C@@H](C)C(=O)N1CCC[C@H]1C(=O)N[C@@H](CS)C(=O)O. The van der Waals surface area contributed by atoms with Crippen LogP contribution in [0.1, 0.15) is 134 Å². The fourth-order valence-electron chi connectivity index (χ4n) is 9.04. The fraction of sp³-hybridized carbons (Fsp3) is 0.784. The Morgan fingerprint density at radius 2 is 0.842 bits per heavy atom. The number of nitrogens with one attached hydrogen (secondary N) is 8. The lowest BCUT2D eigenvalue weighted by Gasteiger charge is -2.32. The molecule has 0 bridgehead atoms. The number of carboxylic acid groups (broad SMARTS) is 1. The fourth-order valence-corrected chi connectivity index (χ4v) is 9.46. The van der Waals surface area contributed by atoms with E-state index in [9.17, 15) is 57.8 Å². The van der Waals surface area contributed by atoms with E-state index in [2.05, 4.69) is 67.8 Å². The number of aliphatic carboxylic acids is 1. The standard InChI is InChI=1S/C51H89N11O12S2/c1-25(2)19-33(43(65)53-30(11)41(63)54-31(12)49(71)61-17-13-15-38(61)46(68)59-37(24-76)51(73)74)56-44(66)35(21-27(5)6)57-48(70)40(29(9)10)60-47(69)39-16-14-18-62(39)50(72)36(22-28(7)8)58-45(67)34(20-26(3)4)55-42(64)32(52)23-75/h25-40,75-76H,13-24,52H2,1-12H3,(H,53,65)(H,54,63)(H,55,64)(H,56,66)(H,57,70)(H,58,67)(H,59,68)(H,60,69)(H,73,74)/t30-,31-,32-,33-,34-,35-,36-,37-,38-,39-,40-/m0/s1. The second kappa shape index (κ2) is 31.9. The van der Waals surface area contributed by atoms with Gasteiger partial charge in [0.15, 0.2) is 0 Å². The van der Waals surface area contributed by atoms with Crippen molar-refractivity contribution in [1.82, 2.24) is 52.3 Å². The Morgan fingerprint density at radius 3 is 1.26 bits per heavy atom. The molecule has 0 aromatic heterocycles. The molecule has 0 aliphatic carbocycles. The summed E-state index contributed by atoms with van der Waals surface area (Å²) in [4.78, 5) is 151. The third kappa shape index (κ3) is 21.0. The lowest BCUT2D eigenvalue weighted by molar-refractivity contribution is -0.144. The molecule has 25 heteroatoms. The molecule has 0 saturated carbocycles. The predicted octanol–water partition coefficient (Wildman–Crippen LogP) is -0.00150. The second-order valence-corrected chi connectivity index (χ2v) is 22.9. The van der Waals surface area contributed by atoms with Crippen molar-refractivity contribution in [3.63, 3.8) is 0 Å². The zero-order valence-electron chi connectivity index (χ0n) is 46.5. The molecule has 0 spiro atoms. The number of rotatable bonds is 30. The van der Waals surface area contributed by atoms with Gasteiger partial charge in [0.25, 0.3) is 0 Å². The number of carbonyl (C=O) groups excluding carboxylic acids is 10. The minimum absolute atomic E-state index is 0.000106. The highest BCUT2D eigenvalue weighted by atomic mass is 32.1. The van der Waals surface area contributed by atoms with Crippen molar-refractivity contribution in [1.29, 1.82) is 0 Å². The highest BCUT2D eigenvalue weighted by Crippen LogP contribution is 2.23. The van der Waals surface area contributed by atoms with Crippen LogP contribution in [0.5, 0.6) is 0 Å². The molecule has 2 heterocycles. The van der Waals surface area contributed by atoms with Crippen molar-refractivity contribution in [2.75, 3.05) is 24.6 Å². The van der Waals surface area contributed by atoms with Gasteiger partial charge in [-0.05, 0) is 94.8 Å². The highest BCUT2D eigenvalue weighted by molar-refractivity contribution is 7.80.